The first-order valence-electron chi connectivity index (χ1n) is 10.6. The van der Waals surface area contributed by atoms with Crippen molar-refractivity contribution in [1.82, 2.24) is 30.2 Å². The van der Waals surface area contributed by atoms with Gasteiger partial charge in [-0.3, -0.25) is 4.79 Å². The number of amides is 1. The van der Waals surface area contributed by atoms with Gasteiger partial charge >= 0.3 is 0 Å². The van der Waals surface area contributed by atoms with Gasteiger partial charge in [0.05, 0.1) is 6.33 Å². The van der Waals surface area contributed by atoms with Crippen LogP contribution in [-0.2, 0) is 11.2 Å². The van der Waals surface area contributed by atoms with Crippen molar-refractivity contribution in [3.05, 3.63) is 47.6 Å². The van der Waals surface area contributed by atoms with Gasteiger partial charge in [0, 0.05) is 42.1 Å². The second kappa shape index (κ2) is 8.19. The third-order valence-electron chi connectivity index (χ3n) is 5.99. The average Bonchev–Trinajstić information content (AvgIpc) is 3.40. The molecule has 9 heteroatoms. The van der Waals surface area contributed by atoms with E-state index < -0.39 is 0 Å². The summed E-state index contributed by atoms with van der Waals surface area (Å²) in [6, 6.07) is 8.31. The third-order valence-corrected chi connectivity index (χ3v) is 6.16. The summed E-state index contributed by atoms with van der Waals surface area (Å²) in [7, 11) is 0. The lowest BCUT2D eigenvalue weighted by atomic mass is 9.95. The number of hydrogen-bond acceptors (Lipinski definition) is 5. The van der Waals surface area contributed by atoms with Crippen molar-refractivity contribution in [2.24, 2.45) is 5.92 Å². The molecule has 1 amide bonds. The Kier molecular flexibility index (Phi) is 5.23. The zero-order valence-electron chi connectivity index (χ0n) is 17.2. The lowest BCUT2D eigenvalue weighted by Crippen LogP contribution is -2.44. The maximum atomic E-state index is 12.9. The van der Waals surface area contributed by atoms with Crippen LogP contribution < -0.4 is 10.2 Å². The van der Waals surface area contributed by atoms with Crippen LogP contribution in [0.3, 0.4) is 0 Å². The first-order chi connectivity index (χ1) is 15.1. The molecule has 160 valence electrons. The fraction of sp³-hybridized carbons (Fsp3) is 0.364. The lowest BCUT2D eigenvalue weighted by Gasteiger charge is -2.32. The van der Waals surface area contributed by atoms with E-state index >= 15 is 0 Å². The number of anilines is 1. The van der Waals surface area contributed by atoms with Gasteiger partial charge in [0.25, 0.3) is 0 Å². The van der Waals surface area contributed by atoms with Crippen LogP contribution in [0.2, 0.25) is 5.28 Å². The summed E-state index contributed by atoms with van der Waals surface area (Å²) < 4.78 is 0. The van der Waals surface area contributed by atoms with Crippen molar-refractivity contribution >= 4 is 45.4 Å². The highest BCUT2D eigenvalue weighted by molar-refractivity contribution is 6.28. The number of para-hydroxylation sites is 1. The van der Waals surface area contributed by atoms with E-state index in [1.165, 1.54) is 10.9 Å². The second-order valence-electron chi connectivity index (χ2n) is 8.15. The maximum absolute atomic E-state index is 12.9. The molecule has 31 heavy (non-hydrogen) atoms. The molecule has 1 unspecified atom stereocenters. The maximum Gasteiger partial charge on any atom is 0.226 e. The molecule has 4 aromatic rings. The van der Waals surface area contributed by atoms with Crippen molar-refractivity contribution in [2.75, 3.05) is 18.0 Å². The summed E-state index contributed by atoms with van der Waals surface area (Å²) in [4.78, 5) is 34.1. The molecule has 0 radical (unpaired) electrons. The molecule has 4 heterocycles. The molecule has 1 aromatic carbocycles. The lowest BCUT2D eigenvalue weighted by molar-refractivity contribution is -0.126. The summed E-state index contributed by atoms with van der Waals surface area (Å²) in [5.74, 6) is 0.870. The van der Waals surface area contributed by atoms with E-state index in [-0.39, 0.29) is 23.2 Å². The number of halogens is 1. The largest absolute Gasteiger partial charge is 0.361 e. The number of nitrogens with one attached hydrogen (secondary N) is 3. The predicted octanol–water partition coefficient (Wildman–Crippen LogP) is 3.45. The van der Waals surface area contributed by atoms with E-state index in [0.717, 1.165) is 49.2 Å². The zero-order chi connectivity index (χ0) is 21.4. The minimum absolute atomic E-state index is 0.00349. The number of piperidine rings is 1. The number of fused-ring (bicyclic) bond motifs is 2. The van der Waals surface area contributed by atoms with Crippen molar-refractivity contribution < 1.29 is 4.79 Å². The Morgan fingerprint density at radius 1 is 1.26 bits per heavy atom. The number of benzene rings is 1. The summed E-state index contributed by atoms with van der Waals surface area (Å²) >= 11 is 6.06. The first-order valence-corrected chi connectivity index (χ1v) is 10.9. The van der Waals surface area contributed by atoms with Crippen molar-refractivity contribution in [3.63, 3.8) is 0 Å². The molecule has 8 nitrogen and oxygen atoms in total. The number of nitrogens with zero attached hydrogens (tertiary/aromatic N) is 4. The van der Waals surface area contributed by atoms with Crippen molar-refractivity contribution in [3.8, 4) is 0 Å². The molecule has 0 saturated carbocycles. The van der Waals surface area contributed by atoms with Gasteiger partial charge in [-0.05, 0) is 49.4 Å². The summed E-state index contributed by atoms with van der Waals surface area (Å²) in [5.41, 5.74) is 3.68. The molecule has 1 aliphatic rings. The van der Waals surface area contributed by atoms with E-state index in [1.54, 1.807) is 6.33 Å². The monoisotopic (exact) mass is 437 g/mol. The van der Waals surface area contributed by atoms with Crippen LogP contribution >= 0.6 is 11.6 Å². The average molecular weight is 438 g/mol. The quantitative estimate of drug-likeness (QED) is 0.415. The number of carbonyl (C=O) groups excluding carboxylic acids is 1. The fourth-order valence-electron chi connectivity index (χ4n) is 4.42. The van der Waals surface area contributed by atoms with Crippen molar-refractivity contribution in [2.45, 2.75) is 32.2 Å². The van der Waals surface area contributed by atoms with E-state index in [4.69, 9.17) is 11.6 Å². The van der Waals surface area contributed by atoms with Gasteiger partial charge in [-0.1, -0.05) is 18.2 Å². The van der Waals surface area contributed by atoms with E-state index in [2.05, 4.69) is 54.2 Å². The first kappa shape index (κ1) is 19.8. The Balaban J connectivity index is 1.19. The Morgan fingerprint density at radius 3 is 2.90 bits per heavy atom. The van der Waals surface area contributed by atoms with E-state index in [9.17, 15) is 4.79 Å². The van der Waals surface area contributed by atoms with Gasteiger partial charge in [-0.25, -0.2) is 4.98 Å². The predicted molar refractivity (Wildman–Crippen MR) is 121 cm³/mol. The van der Waals surface area contributed by atoms with Crippen LogP contribution in [0.15, 0.2) is 36.8 Å². The van der Waals surface area contributed by atoms with E-state index in [1.807, 2.05) is 18.3 Å². The Bertz CT molecular complexity index is 1230. The number of imidazole rings is 1. The highest BCUT2D eigenvalue weighted by Gasteiger charge is 2.28. The van der Waals surface area contributed by atoms with Crippen LogP contribution in [0.4, 0.5) is 5.82 Å². The molecule has 3 N–H and O–H groups in total. The minimum Gasteiger partial charge on any atom is -0.361 e. The van der Waals surface area contributed by atoms with Crippen LogP contribution in [0.1, 0.15) is 25.3 Å². The molecule has 1 fully saturated rings. The van der Waals surface area contributed by atoms with Gasteiger partial charge in [-0.15, -0.1) is 0 Å². The number of hydrogen-bond donors (Lipinski definition) is 3. The van der Waals surface area contributed by atoms with Crippen LogP contribution in [0.25, 0.3) is 22.1 Å². The number of aromatic amines is 2. The number of rotatable bonds is 5. The van der Waals surface area contributed by atoms with Gasteiger partial charge in [0.2, 0.25) is 11.2 Å². The third kappa shape index (κ3) is 3.95. The second-order valence-corrected chi connectivity index (χ2v) is 8.49. The molecule has 1 aliphatic heterocycles. The van der Waals surface area contributed by atoms with Gasteiger partial charge in [0.15, 0.2) is 11.5 Å². The molecule has 3 aromatic heterocycles. The Morgan fingerprint density at radius 2 is 2.06 bits per heavy atom. The molecule has 0 aliphatic carbocycles. The summed E-state index contributed by atoms with van der Waals surface area (Å²) in [5, 5.41) is 4.60. The molecule has 5 rings (SSSR count). The molecule has 0 spiro atoms. The van der Waals surface area contributed by atoms with Crippen LogP contribution in [0.5, 0.6) is 0 Å². The van der Waals surface area contributed by atoms with Crippen molar-refractivity contribution in [1.29, 1.82) is 0 Å². The van der Waals surface area contributed by atoms with Gasteiger partial charge in [-0.2, -0.15) is 9.97 Å². The highest BCUT2D eigenvalue weighted by Crippen LogP contribution is 2.27. The van der Waals surface area contributed by atoms with Crippen LogP contribution in [0, 0.1) is 5.92 Å². The fourth-order valence-corrected chi connectivity index (χ4v) is 4.58. The smallest absolute Gasteiger partial charge is 0.226 e. The molecule has 0 bridgehead atoms. The molecular weight excluding hydrogens is 414 g/mol. The standard InChI is InChI=1S/C22H24ClN7O/c1-13(10-15-11-24-17-5-3-2-4-16(15)17)27-21(31)14-6-8-30(9-7-14)20-18-19(26-12-25-18)28-22(23)29-20/h2-5,11-14,24H,6-10H2,1H3,(H,27,31)(H,25,26,28,29). The highest BCUT2D eigenvalue weighted by atomic mass is 35.5. The zero-order valence-corrected chi connectivity index (χ0v) is 18.0. The molecule has 1 atom stereocenters. The summed E-state index contributed by atoms with van der Waals surface area (Å²) in [6.45, 7) is 3.53. The van der Waals surface area contributed by atoms with E-state index in [0.29, 0.717) is 5.65 Å². The number of aromatic nitrogens is 5. The van der Waals surface area contributed by atoms with Gasteiger partial charge < -0.3 is 20.2 Å². The Hall–Kier alpha value is -3.13. The summed E-state index contributed by atoms with van der Waals surface area (Å²) in [6.07, 6.45) is 5.96. The van der Waals surface area contributed by atoms with Crippen LogP contribution in [-0.4, -0.2) is 50.0 Å². The number of H-pyrrole nitrogens is 2. The topological polar surface area (TPSA) is 103 Å². The van der Waals surface area contributed by atoms with Gasteiger partial charge in [0.1, 0.15) is 5.52 Å². The normalized spacial score (nSPS) is 16.1. The SMILES string of the molecule is CC(Cc1c[nH]c2ccccc12)NC(=O)C1CCN(c2nc(Cl)nc3nc[nH]c23)CC1. The number of carbonyl (C=O) groups is 1. The molecule has 1 saturated heterocycles. The molecular formula is C22H24ClN7O. The minimum atomic E-state index is -0.00349. The Labute approximate surface area is 184 Å².